The molecule has 0 bridgehead atoms. The van der Waals surface area contributed by atoms with Gasteiger partial charge in [0.1, 0.15) is 5.75 Å². The molecule has 0 saturated carbocycles. The molecule has 0 fully saturated rings. The molecule has 0 spiro atoms. The first-order valence-corrected chi connectivity index (χ1v) is 4.91. The fraction of sp³-hybridized carbons (Fsp3) is 0.167. The molecule has 1 aromatic carbocycles. The maximum Gasteiger partial charge on any atom is 0.344 e. The Labute approximate surface area is 92.5 Å². The molecule has 16 heavy (non-hydrogen) atoms. The molecule has 0 aliphatic rings. The molecule has 1 atom stereocenters. The average Bonchev–Trinajstić information content (AvgIpc) is 2.28. The largest absolute Gasteiger partial charge is 0.479 e. The zero-order chi connectivity index (χ0) is 11.5. The summed E-state index contributed by atoms with van der Waals surface area (Å²) in [5, 5.41) is 9.71. The molecule has 0 saturated heterocycles. The minimum Gasteiger partial charge on any atom is -0.479 e. The van der Waals surface area contributed by atoms with E-state index in [9.17, 15) is 4.79 Å². The van der Waals surface area contributed by atoms with E-state index in [0.29, 0.717) is 5.75 Å². The second-order valence-electron chi connectivity index (χ2n) is 3.46. The first-order valence-electron chi connectivity index (χ1n) is 4.91. The summed E-state index contributed by atoms with van der Waals surface area (Å²) in [5.74, 6) is -0.470. The SMILES string of the molecule is C[C@H](Oc1ccc2cccnc2c1)C(=O)O. The van der Waals surface area contributed by atoms with Gasteiger partial charge in [0, 0.05) is 17.6 Å². The molecule has 0 radical (unpaired) electrons. The van der Waals surface area contributed by atoms with E-state index in [0.717, 1.165) is 10.9 Å². The van der Waals surface area contributed by atoms with Crippen molar-refractivity contribution in [3.05, 3.63) is 36.5 Å². The number of benzene rings is 1. The van der Waals surface area contributed by atoms with Crippen LogP contribution in [0.25, 0.3) is 10.9 Å². The molecule has 0 aliphatic heterocycles. The first-order chi connectivity index (χ1) is 7.66. The number of aromatic nitrogens is 1. The van der Waals surface area contributed by atoms with Gasteiger partial charge in [0.05, 0.1) is 5.52 Å². The van der Waals surface area contributed by atoms with Crippen LogP contribution in [0, 0.1) is 0 Å². The van der Waals surface area contributed by atoms with Crippen molar-refractivity contribution in [1.82, 2.24) is 4.98 Å². The van der Waals surface area contributed by atoms with Crippen molar-refractivity contribution in [2.45, 2.75) is 13.0 Å². The summed E-state index contributed by atoms with van der Waals surface area (Å²) >= 11 is 0. The van der Waals surface area contributed by atoms with Gasteiger partial charge in [-0.2, -0.15) is 0 Å². The summed E-state index contributed by atoms with van der Waals surface area (Å²) in [6, 6.07) is 9.11. The zero-order valence-electron chi connectivity index (χ0n) is 8.75. The second-order valence-corrected chi connectivity index (χ2v) is 3.46. The predicted molar refractivity (Wildman–Crippen MR) is 59.5 cm³/mol. The van der Waals surface area contributed by atoms with Crippen LogP contribution < -0.4 is 4.74 Å². The number of ether oxygens (including phenoxy) is 1. The molecule has 1 N–H and O–H groups in total. The summed E-state index contributed by atoms with van der Waals surface area (Å²) in [7, 11) is 0. The number of fused-ring (bicyclic) bond motifs is 1. The monoisotopic (exact) mass is 217 g/mol. The van der Waals surface area contributed by atoms with Gasteiger partial charge in [0.15, 0.2) is 6.10 Å². The summed E-state index contributed by atoms with van der Waals surface area (Å²) in [5.41, 5.74) is 0.789. The second kappa shape index (κ2) is 4.18. The third kappa shape index (κ3) is 2.11. The Bertz CT molecular complexity index is 524. The maximum atomic E-state index is 10.6. The number of hydrogen-bond donors (Lipinski definition) is 1. The third-order valence-electron chi connectivity index (χ3n) is 2.24. The average molecular weight is 217 g/mol. The molecule has 1 heterocycles. The van der Waals surface area contributed by atoms with E-state index < -0.39 is 12.1 Å². The molecule has 4 nitrogen and oxygen atoms in total. The lowest BCUT2D eigenvalue weighted by Gasteiger charge is -2.10. The number of carbonyl (C=O) groups is 1. The Morgan fingerprint density at radius 3 is 3.00 bits per heavy atom. The smallest absolute Gasteiger partial charge is 0.344 e. The number of carboxylic acids is 1. The molecule has 4 heteroatoms. The highest BCUT2D eigenvalue weighted by atomic mass is 16.5. The van der Waals surface area contributed by atoms with Crippen LogP contribution in [0.1, 0.15) is 6.92 Å². The third-order valence-corrected chi connectivity index (χ3v) is 2.24. The lowest BCUT2D eigenvalue weighted by Crippen LogP contribution is -2.22. The van der Waals surface area contributed by atoms with E-state index in [1.807, 2.05) is 18.2 Å². The van der Waals surface area contributed by atoms with Crippen molar-refractivity contribution < 1.29 is 14.6 Å². The number of pyridine rings is 1. The van der Waals surface area contributed by atoms with Crippen molar-refractivity contribution >= 4 is 16.9 Å². The molecular formula is C12H11NO3. The highest BCUT2D eigenvalue weighted by molar-refractivity contribution is 5.80. The van der Waals surface area contributed by atoms with Gasteiger partial charge in [-0.25, -0.2) is 4.79 Å². The van der Waals surface area contributed by atoms with Gasteiger partial charge in [0.2, 0.25) is 0 Å². The van der Waals surface area contributed by atoms with Crippen LogP contribution in [0.5, 0.6) is 5.75 Å². The standard InChI is InChI=1S/C12H11NO3/c1-8(12(14)15)16-10-5-4-9-3-2-6-13-11(9)7-10/h2-8H,1H3,(H,14,15)/t8-/m0/s1. The van der Waals surface area contributed by atoms with E-state index in [1.54, 1.807) is 18.3 Å². The van der Waals surface area contributed by atoms with Gasteiger partial charge in [-0.05, 0) is 25.1 Å². The van der Waals surface area contributed by atoms with Crippen molar-refractivity contribution in [2.75, 3.05) is 0 Å². The van der Waals surface area contributed by atoms with E-state index in [-0.39, 0.29) is 0 Å². The van der Waals surface area contributed by atoms with Crippen LogP contribution in [-0.4, -0.2) is 22.2 Å². The quantitative estimate of drug-likeness (QED) is 0.855. The minimum absolute atomic E-state index is 0.515. The van der Waals surface area contributed by atoms with Crippen molar-refractivity contribution in [2.24, 2.45) is 0 Å². The molecular weight excluding hydrogens is 206 g/mol. The van der Waals surface area contributed by atoms with Gasteiger partial charge >= 0.3 is 5.97 Å². The Morgan fingerprint density at radius 1 is 1.44 bits per heavy atom. The van der Waals surface area contributed by atoms with Crippen molar-refractivity contribution in [1.29, 1.82) is 0 Å². The van der Waals surface area contributed by atoms with Crippen LogP contribution >= 0.6 is 0 Å². The normalized spacial score (nSPS) is 12.3. The summed E-state index contributed by atoms with van der Waals surface area (Å²) in [4.78, 5) is 14.8. The van der Waals surface area contributed by atoms with Crippen molar-refractivity contribution in [3.63, 3.8) is 0 Å². The van der Waals surface area contributed by atoms with E-state index in [1.165, 1.54) is 6.92 Å². The van der Waals surface area contributed by atoms with Crippen molar-refractivity contribution in [3.8, 4) is 5.75 Å². The van der Waals surface area contributed by atoms with Crippen LogP contribution in [0.2, 0.25) is 0 Å². The van der Waals surface area contributed by atoms with Gasteiger partial charge in [0.25, 0.3) is 0 Å². The Kier molecular flexibility index (Phi) is 2.72. The highest BCUT2D eigenvalue weighted by Gasteiger charge is 2.12. The first kappa shape index (κ1) is 10.4. The highest BCUT2D eigenvalue weighted by Crippen LogP contribution is 2.19. The zero-order valence-corrected chi connectivity index (χ0v) is 8.75. The van der Waals surface area contributed by atoms with Gasteiger partial charge in [-0.1, -0.05) is 6.07 Å². The molecule has 2 aromatic rings. The Hall–Kier alpha value is -2.10. The topological polar surface area (TPSA) is 59.4 Å². The molecule has 82 valence electrons. The van der Waals surface area contributed by atoms with Crippen LogP contribution in [0.15, 0.2) is 36.5 Å². The summed E-state index contributed by atoms with van der Waals surface area (Å²) in [6.07, 6.45) is 0.827. The summed E-state index contributed by atoms with van der Waals surface area (Å²) < 4.78 is 5.24. The van der Waals surface area contributed by atoms with Crippen LogP contribution in [0.3, 0.4) is 0 Å². The van der Waals surface area contributed by atoms with E-state index in [2.05, 4.69) is 4.98 Å². The van der Waals surface area contributed by atoms with E-state index >= 15 is 0 Å². The molecule has 0 unspecified atom stereocenters. The molecule has 1 aromatic heterocycles. The van der Waals surface area contributed by atoms with Gasteiger partial charge < -0.3 is 9.84 Å². The number of nitrogens with zero attached hydrogens (tertiary/aromatic N) is 1. The molecule has 0 amide bonds. The van der Waals surface area contributed by atoms with Crippen LogP contribution in [0.4, 0.5) is 0 Å². The Morgan fingerprint density at radius 2 is 2.25 bits per heavy atom. The maximum absolute atomic E-state index is 10.6. The molecule has 2 rings (SSSR count). The number of carboxylic acid groups (broad SMARTS) is 1. The van der Waals surface area contributed by atoms with Crippen LogP contribution in [-0.2, 0) is 4.79 Å². The number of aliphatic carboxylic acids is 1. The fourth-order valence-electron chi connectivity index (χ4n) is 1.37. The predicted octanol–water partition coefficient (Wildman–Crippen LogP) is 2.09. The van der Waals surface area contributed by atoms with Gasteiger partial charge in [-0.3, -0.25) is 4.98 Å². The summed E-state index contributed by atoms with van der Waals surface area (Å²) in [6.45, 7) is 1.49. The number of hydrogen-bond acceptors (Lipinski definition) is 3. The minimum atomic E-state index is -0.985. The lowest BCUT2D eigenvalue weighted by molar-refractivity contribution is -0.144. The number of rotatable bonds is 3. The van der Waals surface area contributed by atoms with E-state index in [4.69, 9.17) is 9.84 Å². The van der Waals surface area contributed by atoms with Gasteiger partial charge in [-0.15, -0.1) is 0 Å². The molecule has 0 aliphatic carbocycles. The fourth-order valence-corrected chi connectivity index (χ4v) is 1.37. The Balaban J connectivity index is 2.29. The lowest BCUT2D eigenvalue weighted by atomic mass is 10.2.